The Morgan fingerprint density at radius 3 is 2.74 bits per heavy atom. The van der Waals surface area contributed by atoms with E-state index in [-0.39, 0.29) is 6.42 Å². The quantitative estimate of drug-likeness (QED) is 0.897. The van der Waals surface area contributed by atoms with Crippen molar-refractivity contribution in [3.63, 3.8) is 0 Å². The van der Waals surface area contributed by atoms with Crippen molar-refractivity contribution in [2.75, 3.05) is 31.2 Å². The molecule has 1 saturated heterocycles. The number of ether oxygens (including phenoxy) is 1. The number of hydrogen-bond donors (Lipinski definition) is 1. The summed E-state index contributed by atoms with van der Waals surface area (Å²) in [6, 6.07) is 0. The topological polar surface area (TPSA) is 62.7 Å². The van der Waals surface area contributed by atoms with Gasteiger partial charge in [-0.15, -0.1) is 11.3 Å². The second-order valence-corrected chi connectivity index (χ2v) is 6.01. The Kier molecular flexibility index (Phi) is 4.76. The molecule has 6 heteroatoms. The summed E-state index contributed by atoms with van der Waals surface area (Å²) in [5, 5.41) is 9.82. The molecule has 0 atom stereocenters. The Bertz CT molecular complexity index is 439. The molecule has 2 rings (SSSR count). The lowest BCUT2D eigenvalue weighted by molar-refractivity contribution is -0.136. The summed E-state index contributed by atoms with van der Waals surface area (Å²) in [7, 11) is 0. The van der Waals surface area contributed by atoms with Gasteiger partial charge < -0.3 is 14.7 Å². The molecule has 1 aromatic heterocycles. The number of carbonyl (C=O) groups is 1. The fraction of sp³-hybridized carbons (Fsp3) is 0.692. The molecule has 0 saturated carbocycles. The van der Waals surface area contributed by atoms with Crippen molar-refractivity contribution in [3.8, 4) is 0 Å². The van der Waals surface area contributed by atoms with Crippen LogP contribution >= 0.6 is 11.3 Å². The van der Waals surface area contributed by atoms with Crippen molar-refractivity contribution in [2.24, 2.45) is 0 Å². The molecule has 0 radical (unpaired) electrons. The van der Waals surface area contributed by atoms with E-state index >= 15 is 0 Å². The van der Waals surface area contributed by atoms with E-state index in [9.17, 15) is 4.79 Å². The molecule has 0 amide bonds. The maximum Gasteiger partial charge on any atom is 0.303 e. The number of rotatable bonds is 5. The minimum Gasteiger partial charge on any atom is -0.481 e. The molecule has 106 valence electrons. The van der Waals surface area contributed by atoms with Crippen molar-refractivity contribution in [1.29, 1.82) is 0 Å². The van der Waals surface area contributed by atoms with Crippen LogP contribution in [0.1, 0.15) is 36.8 Å². The van der Waals surface area contributed by atoms with Gasteiger partial charge in [0.15, 0.2) is 5.13 Å². The average Bonchev–Trinajstić information content (AvgIpc) is 2.81. The summed E-state index contributed by atoms with van der Waals surface area (Å²) < 4.78 is 5.34. The molecule has 1 N–H and O–H groups in total. The second-order valence-electron chi connectivity index (χ2n) is 4.95. The van der Waals surface area contributed by atoms with E-state index in [1.807, 2.05) is 0 Å². The van der Waals surface area contributed by atoms with Crippen LogP contribution in [0.15, 0.2) is 0 Å². The second kappa shape index (κ2) is 6.34. The number of aryl methyl sites for hydroxylation is 1. The first-order valence-corrected chi connectivity index (χ1v) is 7.43. The Balaban J connectivity index is 2.16. The molecular formula is C13H20N2O3S. The zero-order valence-corrected chi connectivity index (χ0v) is 12.2. The normalized spacial score (nSPS) is 16.1. The molecule has 5 nitrogen and oxygen atoms in total. The van der Waals surface area contributed by atoms with Gasteiger partial charge in [-0.2, -0.15) is 0 Å². The van der Waals surface area contributed by atoms with Gasteiger partial charge in [0, 0.05) is 18.0 Å². The predicted octanol–water partition coefficient (Wildman–Crippen LogP) is 2.12. The van der Waals surface area contributed by atoms with Crippen molar-refractivity contribution in [2.45, 2.75) is 32.6 Å². The number of aliphatic carboxylic acids is 1. The molecule has 19 heavy (non-hydrogen) atoms. The van der Waals surface area contributed by atoms with Gasteiger partial charge >= 0.3 is 5.97 Å². The SMILES string of the molecule is CC(C)c1nc(N2CCOCC2)sc1CCC(=O)O. The third-order valence-corrected chi connectivity index (χ3v) is 4.30. The van der Waals surface area contributed by atoms with Crippen molar-refractivity contribution < 1.29 is 14.6 Å². The fourth-order valence-electron chi connectivity index (χ4n) is 2.09. The van der Waals surface area contributed by atoms with E-state index in [1.165, 1.54) is 0 Å². The zero-order chi connectivity index (χ0) is 13.8. The van der Waals surface area contributed by atoms with Gasteiger partial charge in [-0.1, -0.05) is 13.8 Å². The van der Waals surface area contributed by atoms with Gasteiger partial charge in [-0.05, 0) is 12.3 Å². The maximum atomic E-state index is 10.7. The number of carboxylic acid groups (broad SMARTS) is 1. The zero-order valence-electron chi connectivity index (χ0n) is 11.4. The molecular weight excluding hydrogens is 264 g/mol. The molecule has 1 fully saturated rings. The third kappa shape index (κ3) is 3.67. The van der Waals surface area contributed by atoms with Crippen LogP contribution in [0.5, 0.6) is 0 Å². The van der Waals surface area contributed by atoms with E-state index < -0.39 is 5.97 Å². The lowest BCUT2D eigenvalue weighted by Gasteiger charge is -2.26. The highest BCUT2D eigenvalue weighted by Gasteiger charge is 2.20. The maximum absolute atomic E-state index is 10.7. The van der Waals surface area contributed by atoms with Crippen LogP contribution in [0.2, 0.25) is 0 Å². The molecule has 0 aromatic carbocycles. The van der Waals surface area contributed by atoms with E-state index in [0.29, 0.717) is 12.3 Å². The van der Waals surface area contributed by atoms with Crippen LogP contribution in [0.25, 0.3) is 0 Å². The van der Waals surface area contributed by atoms with Crippen LogP contribution in [-0.4, -0.2) is 42.4 Å². The van der Waals surface area contributed by atoms with Crippen LogP contribution in [0.4, 0.5) is 5.13 Å². The number of anilines is 1. The highest BCUT2D eigenvalue weighted by molar-refractivity contribution is 7.15. The molecule has 0 spiro atoms. The standard InChI is InChI=1S/C13H20N2O3S/c1-9(2)12-10(3-4-11(16)17)19-13(14-12)15-5-7-18-8-6-15/h9H,3-8H2,1-2H3,(H,16,17). The van der Waals surface area contributed by atoms with Gasteiger partial charge in [0.05, 0.1) is 25.3 Å². The largest absolute Gasteiger partial charge is 0.481 e. The minimum absolute atomic E-state index is 0.171. The first-order valence-electron chi connectivity index (χ1n) is 6.62. The first-order chi connectivity index (χ1) is 9.08. The molecule has 0 unspecified atom stereocenters. The summed E-state index contributed by atoms with van der Waals surface area (Å²) in [5.41, 5.74) is 1.05. The highest BCUT2D eigenvalue weighted by Crippen LogP contribution is 2.32. The van der Waals surface area contributed by atoms with E-state index in [0.717, 1.165) is 42.0 Å². The average molecular weight is 284 g/mol. The monoisotopic (exact) mass is 284 g/mol. The van der Waals surface area contributed by atoms with Gasteiger partial charge in [0.25, 0.3) is 0 Å². The fourth-order valence-corrected chi connectivity index (χ4v) is 3.36. The van der Waals surface area contributed by atoms with E-state index in [2.05, 4.69) is 18.7 Å². The third-order valence-electron chi connectivity index (χ3n) is 3.11. The lowest BCUT2D eigenvalue weighted by atomic mass is 10.1. The molecule has 1 aliphatic heterocycles. The summed E-state index contributed by atoms with van der Waals surface area (Å²) >= 11 is 1.63. The summed E-state index contributed by atoms with van der Waals surface area (Å²) in [4.78, 5) is 18.8. The minimum atomic E-state index is -0.754. The molecule has 1 aromatic rings. The van der Waals surface area contributed by atoms with Crippen LogP contribution in [-0.2, 0) is 16.0 Å². The van der Waals surface area contributed by atoms with E-state index in [1.54, 1.807) is 11.3 Å². The van der Waals surface area contributed by atoms with E-state index in [4.69, 9.17) is 14.8 Å². The first kappa shape index (κ1) is 14.3. The molecule has 0 aliphatic carbocycles. The van der Waals surface area contributed by atoms with Gasteiger partial charge in [0.1, 0.15) is 0 Å². The number of thiazole rings is 1. The summed E-state index contributed by atoms with van der Waals surface area (Å²) in [6.45, 7) is 7.40. The van der Waals surface area contributed by atoms with Crippen molar-refractivity contribution in [3.05, 3.63) is 10.6 Å². The van der Waals surface area contributed by atoms with Gasteiger partial charge in [-0.3, -0.25) is 4.79 Å². The van der Waals surface area contributed by atoms with Crippen LogP contribution < -0.4 is 4.90 Å². The smallest absolute Gasteiger partial charge is 0.303 e. The van der Waals surface area contributed by atoms with Crippen LogP contribution in [0, 0.1) is 0 Å². The Hall–Kier alpha value is -1.14. The molecule has 1 aliphatic rings. The van der Waals surface area contributed by atoms with Gasteiger partial charge in [-0.25, -0.2) is 4.98 Å². The molecule has 0 bridgehead atoms. The predicted molar refractivity (Wildman–Crippen MR) is 75.2 cm³/mol. The summed E-state index contributed by atoms with van der Waals surface area (Å²) in [6.07, 6.45) is 0.745. The Morgan fingerprint density at radius 1 is 1.47 bits per heavy atom. The number of morpholine rings is 1. The Labute approximate surface area is 117 Å². The molecule has 2 heterocycles. The number of carboxylic acids is 1. The van der Waals surface area contributed by atoms with Crippen molar-refractivity contribution >= 4 is 22.4 Å². The number of aromatic nitrogens is 1. The van der Waals surface area contributed by atoms with Gasteiger partial charge in [0.2, 0.25) is 0 Å². The lowest BCUT2D eigenvalue weighted by Crippen LogP contribution is -2.36. The van der Waals surface area contributed by atoms with Crippen LogP contribution in [0.3, 0.4) is 0 Å². The highest BCUT2D eigenvalue weighted by atomic mass is 32.1. The Morgan fingerprint density at radius 2 is 2.16 bits per heavy atom. The number of nitrogens with zero attached hydrogens (tertiary/aromatic N) is 2. The summed E-state index contributed by atoms with van der Waals surface area (Å²) in [5.74, 6) is -0.425. The number of hydrogen-bond acceptors (Lipinski definition) is 5. The van der Waals surface area contributed by atoms with Crippen molar-refractivity contribution in [1.82, 2.24) is 4.98 Å².